The van der Waals surface area contributed by atoms with Gasteiger partial charge in [0.05, 0.1) is 10.6 Å². The number of rotatable bonds is 5. The third-order valence-corrected chi connectivity index (χ3v) is 5.29. The van der Waals surface area contributed by atoms with Gasteiger partial charge in [0, 0.05) is 23.3 Å². The Bertz CT molecular complexity index is 713. The summed E-state index contributed by atoms with van der Waals surface area (Å²) in [5.41, 5.74) is 1.61. The van der Waals surface area contributed by atoms with Crippen molar-refractivity contribution in [2.75, 3.05) is 11.9 Å². The Morgan fingerprint density at radius 1 is 1.00 bits per heavy atom. The molecule has 132 valence electrons. The van der Waals surface area contributed by atoms with Crippen LogP contribution < -0.4 is 10.6 Å². The van der Waals surface area contributed by atoms with Crippen molar-refractivity contribution >= 4 is 34.8 Å². The number of amides is 1. The van der Waals surface area contributed by atoms with Crippen LogP contribution in [0.25, 0.3) is 0 Å². The maximum atomic E-state index is 12.4. The zero-order valence-electron chi connectivity index (χ0n) is 14.0. The number of hydrogen-bond acceptors (Lipinski definition) is 2. The molecule has 0 unspecified atom stereocenters. The average molecular weight is 377 g/mol. The lowest BCUT2D eigenvalue weighted by Gasteiger charge is -2.29. The van der Waals surface area contributed by atoms with Crippen LogP contribution in [0.15, 0.2) is 48.5 Å². The molecule has 2 N–H and O–H groups in total. The van der Waals surface area contributed by atoms with Crippen molar-refractivity contribution in [1.29, 1.82) is 0 Å². The highest BCUT2D eigenvalue weighted by atomic mass is 35.5. The maximum Gasteiger partial charge on any atom is 0.253 e. The van der Waals surface area contributed by atoms with Gasteiger partial charge in [0.2, 0.25) is 0 Å². The van der Waals surface area contributed by atoms with Gasteiger partial charge in [-0.1, -0.05) is 41.4 Å². The number of carbonyl (C=O) groups excluding carboxylic acids is 1. The number of nitrogens with one attached hydrogen (secondary N) is 2. The van der Waals surface area contributed by atoms with E-state index in [9.17, 15) is 4.79 Å². The summed E-state index contributed by atoms with van der Waals surface area (Å²) in [6.07, 6.45) is 4.19. The topological polar surface area (TPSA) is 41.1 Å². The summed E-state index contributed by atoms with van der Waals surface area (Å²) in [5.74, 6) is 0.501. The van der Waals surface area contributed by atoms with Gasteiger partial charge < -0.3 is 10.6 Å². The molecule has 0 saturated heterocycles. The lowest BCUT2D eigenvalue weighted by molar-refractivity contribution is 0.0923. The Labute approximate surface area is 158 Å². The van der Waals surface area contributed by atoms with Gasteiger partial charge in [-0.15, -0.1) is 0 Å². The smallest absolute Gasteiger partial charge is 0.253 e. The SMILES string of the molecule is O=C(NC1CCC(CNc2ccccc2)CC1)c1cc(Cl)ccc1Cl. The van der Waals surface area contributed by atoms with Crippen molar-refractivity contribution in [3.63, 3.8) is 0 Å². The lowest BCUT2D eigenvalue weighted by atomic mass is 9.86. The van der Waals surface area contributed by atoms with Gasteiger partial charge in [0.25, 0.3) is 5.91 Å². The number of hydrogen-bond donors (Lipinski definition) is 2. The largest absolute Gasteiger partial charge is 0.385 e. The molecule has 0 atom stereocenters. The van der Waals surface area contributed by atoms with Crippen LogP contribution in [0.3, 0.4) is 0 Å². The summed E-state index contributed by atoms with van der Waals surface area (Å²) in [4.78, 5) is 12.4. The fourth-order valence-corrected chi connectivity index (χ4v) is 3.64. The van der Waals surface area contributed by atoms with Crippen LogP contribution in [0.5, 0.6) is 0 Å². The summed E-state index contributed by atoms with van der Waals surface area (Å²) in [7, 11) is 0. The van der Waals surface area contributed by atoms with Crippen molar-refractivity contribution in [2.45, 2.75) is 31.7 Å². The molecule has 1 aliphatic carbocycles. The van der Waals surface area contributed by atoms with Crippen LogP contribution in [0.4, 0.5) is 5.69 Å². The summed E-state index contributed by atoms with van der Waals surface area (Å²) in [6.45, 7) is 0.977. The Kier molecular flexibility index (Phi) is 6.22. The van der Waals surface area contributed by atoms with Crippen molar-refractivity contribution in [2.24, 2.45) is 5.92 Å². The standard InChI is InChI=1S/C20H22Cl2N2O/c21-15-8-11-19(22)18(12-15)20(25)24-17-9-6-14(7-10-17)13-23-16-4-2-1-3-5-16/h1-5,8,11-12,14,17,23H,6-7,9-10,13H2,(H,24,25). The number of halogens is 2. The van der Waals surface area contributed by atoms with E-state index in [1.807, 2.05) is 18.2 Å². The molecule has 0 spiro atoms. The van der Waals surface area contributed by atoms with Crippen LogP contribution in [0.2, 0.25) is 10.0 Å². The van der Waals surface area contributed by atoms with Gasteiger partial charge in [-0.3, -0.25) is 4.79 Å². The summed E-state index contributed by atoms with van der Waals surface area (Å²) < 4.78 is 0. The minimum atomic E-state index is -0.140. The van der Waals surface area contributed by atoms with Crippen LogP contribution >= 0.6 is 23.2 Å². The molecule has 1 saturated carbocycles. The third-order valence-electron chi connectivity index (χ3n) is 4.72. The van der Waals surface area contributed by atoms with Crippen molar-refractivity contribution < 1.29 is 4.79 Å². The van der Waals surface area contributed by atoms with Gasteiger partial charge >= 0.3 is 0 Å². The lowest BCUT2D eigenvalue weighted by Crippen LogP contribution is -2.38. The van der Waals surface area contributed by atoms with Gasteiger partial charge in [0.1, 0.15) is 0 Å². The number of para-hydroxylation sites is 1. The molecule has 2 aromatic rings. The molecule has 1 amide bonds. The van der Waals surface area contributed by atoms with E-state index >= 15 is 0 Å². The number of carbonyl (C=O) groups is 1. The molecule has 0 heterocycles. The van der Waals surface area contributed by atoms with Crippen molar-refractivity contribution in [3.8, 4) is 0 Å². The molecule has 2 aromatic carbocycles. The first-order chi connectivity index (χ1) is 12.1. The zero-order valence-corrected chi connectivity index (χ0v) is 15.5. The quantitative estimate of drug-likeness (QED) is 0.733. The highest BCUT2D eigenvalue weighted by molar-refractivity contribution is 6.35. The molecule has 3 nitrogen and oxygen atoms in total. The van der Waals surface area contributed by atoms with E-state index in [0.717, 1.165) is 37.9 Å². The molecular formula is C20H22Cl2N2O. The van der Waals surface area contributed by atoms with E-state index in [0.29, 0.717) is 21.5 Å². The first-order valence-corrected chi connectivity index (χ1v) is 9.42. The van der Waals surface area contributed by atoms with Gasteiger partial charge in [0.15, 0.2) is 0 Å². The second kappa shape index (κ2) is 8.59. The maximum absolute atomic E-state index is 12.4. The fourth-order valence-electron chi connectivity index (χ4n) is 3.26. The molecule has 3 rings (SSSR count). The molecular weight excluding hydrogens is 355 g/mol. The highest BCUT2D eigenvalue weighted by Gasteiger charge is 2.23. The number of anilines is 1. The Morgan fingerprint density at radius 2 is 1.72 bits per heavy atom. The monoisotopic (exact) mass is 376 g/mol. The minimum Gasteiger partial charge on any atom is -0.385 e. The second-order valence-corrected chi connectivity index (χ2v) is 7.41. The van der Waals surface area contributed by atoms with Crippen LogP contribution in [0.1, 0.15) is 36.0 Å². The minimum absolute atomic E-state index is 0.140. The predicted molar refractivity (Wildman–Crippen MR) is 105 cm³/mol. The van der Waals surface area contributed by atoms with Gasteiger partial charge in [-0.05, 0) is 61.9 Å². The van der Waals surface area contributed by atoms with Crippen LogP contribution in [-0.2, 0) is 0 Å². The predicted octanol–water partition coefficient (Wildman–Crippen LogP) is 5.39. The molecule has 0 aromatic heterocycles. The number of benzene rings is 2. The zero-order chi connectivity index (χ0) is 17.6. The molecule has 1 aliphatic rings. The summed E-state index contributed by atoms with van der Waals surface area (Å²) >= 11 is 12.1. The van der Waals surface area contributed by atoms with Crippen molar-refractivity contribution in [3.05, 3.63) is 64.1 Å². The highest BCUT2D eigenvalue weighted by Crippen LogP contribution is 2.26. The average Bonchev–Trinajstić information content (AvgIpc) is 2.64. The van der Waals surface area contributed by atoms with E-state index in [1.165, 1.54) is 0 Å². The van der Waals surface area contributed by atoms with E-state index in [2.05, 4.69) is 22.8 Å². The molecule has 0 aliphatic heterocycles. The molecule has 0 bridgehead atoms. The Morgan fingerprint density at radius 3 is 2.44 bits per heavy atom. The van der Waals surface area contributed by atoms with Gasteiger partial charge in [-0.25, -0.2) is 0 Å². The Hall–Kier alpha value is -1.71. The van der Waals surface area contributed by atoms with E-state index in [1.54, 1.807) is 18.2 Å². The summed E-state index contributed by atoms with van der Waals surface area (Å²) in [6, 6.07) is 15.4. The van der Waals surface area contributed by atoms with E-state index in [4.69, 9.17) is 23.2 Å². The van der Waals surface area contributed by atoms with E-state index in [-0.39, 0.29) is 11.9 Å². The van der Waals surface area contributed by atoms with Crippen LogP contribution in [-0.4, -0.2) is 18.5 Å². The van der Waals surface area contributed by atoms with Gasteiger partial charge in [-0.2, -0.15) is 0 Å². The molecule has 25 heavy (non-hydrogen) atoms. The van der Waals surface area contributed by atoms with E-state index < -0.39 is 0 Å². The first kappa shape index (κ1) is 18.1. The third kappa shape index (κ3) is 5.13. The molecule has 1 fully saturated rings. The van der Waals surface area contributed by atoms with Crippen LogP contribution in [0, 0.1) is 5.92 Å². The normalized spacial score (nSPS) is 20.1. The first-order valence-electron chi connectivity index (χ1n) is 8.66. The summed E-state index contributed by atoms with van der Waals surface area (Å²) in [5, 5.41) is 7.54. The fraction of sp³-hybridized carbons (Fsp3) is 0.350. The molecule has 0 radical (unpaired) electrons. The van der Waals surface area contributed by atoms with Crippen molar-refractivity contribution in [1.82, 2.24) is 5.32 Å². The Balaban J connectivity index is 1.46. The second-order valence-electron chi connectivity index (χ2n) is 6.56. The molecule has 5 heteroatoms.